The molecule has 2 aromatic carbocycles. The number of hydrogen-bond acceptors (Lipinski definition) is 3. The average molecular weight is 331 g/mol. The SMILES string of the molecule is CC(=O)Nc1ccc(/C=C/C(=O)c2ccccc2OC(F)F)cc1. The number of ether oxygens (including phenoxy) is 1. The number of allylic oxidation sites excluding steroid dienone is 1. The fraction of sp³-hybridized carbons (Fsp3) is 0.111. The van der Waals surface area contributed by atoms with Crippen LogP contribution in [0.2, 0.25) is 0 Å². The Labute approximate surface area is 137 Å². The highest BCUT2D eigenvalue weighted by molar-refractivity contribution is 6.08. The van der Waals surface area contributed by atoms with Gasteiger partial charge in [-0.05, 0) is 35.9 Å². The summed E-state index contributed by atoms with van der Waals surface area (Å²) < 4.78 is 29.1. The zero-order valence-corrected chi connectivity index (χ0v) is 12.8. The van der Waals surface area contributed by atoms with E-state index in [1.54, 1.807) is 36.4 Å². The number of hydrogen-bond donors (Lipinski definition) is 1. The second kappa shape index (κ2) is 8.01. The molecule has 0 atom stereocenters. The minimum absolute atomic E-state index is 0.0592. The number of halogens is 2. The van der Waals surface area contributed by atoms with E-state index in [1.807, 2.05) is 0 Å². The number of amides is 1. The molecule has 0 aromatic heterocycles. The van der Waals surface area contributed by atoms with Gasteiger partial charge in [-0.1, -0.05) is 30.3 Å². The third-order valence-corrected chi connectivity index (χ3v) is 3.03. The summed E-state index contributed by atoms with van der Waals surface area (Å²) in [6, 6.07) is 12.6. The first-order valence-electron chi connectivity index (χ1n) is 7.09. The summed E-state index contributed by atoms with van der Waals surface area (Å²) in [6.07, 6.45) is 2.83. The fourth-order valence-corrected chi connectivity index (χ4v) is 2.01. The van der Waals surface area contributed by atoms with E-state index in [0.717, 1.165) is 5.56 Å². The van der Waals surface area contributed by atoms with Crippen molar-refractivity contribution in [2.24, 2.45) is 0 Å². The lowest BCUT2D eigenvalue weighted by Crippen LogP contribution is -2.06. The van der Waals surface area contributed by atoms with Crippen molar-refractivity contribution in [3.8, 4) is 5.75 Å². The predicted octanol–water partition coefficient (Wildman–Crippen LogP) is 4.14. The van der Waals surface area contributed by atoms with Crippen molar-refractivity contribution >= 4 is 23.5 Å². The van der Waals surface area contributed by atoms with Gasteiger partial charge in [0.2, 0.25) is 5.91 Å². The van der Waals surface area contributed by atoms with Crippen LogP contribution < -0.4 is 10.1 Å². The van der Waals surface area contributed by atoms with Crippen molar-refractivity contribution in [1.82, 2.24) is 0 Å². The number of anilines is 1. The summed E-state index contributed by atoms with van der Waals surface area (Å²) in [4.78, 5) is 23.1. The van der Waals surface area contributed by atoms with Crippen LogP contribution in [0.1, 0.15) is 22.8 Å². The van der Waals surface area contributed by atoms with Gasteiger partial charge in [0.15, 0.2) is 5.78 Å². The molecule has 1 N–H and O–H groups in total. The van der Waals surface area contributed by atoms with Gasteiger partial charge >= 0.3 is 6.61 Å². The van der Waals surface area contributed by atoms with Crippen molar-refractivity contribution in [3.63, 3.8) is 0 Å². The van der Waals surface area contributed by atoms with Gasteiger partial charge in [0, 0.05) is 12.6 Å². The Morgan fingerprint density at radius 3 is 2.38 bits per heavy atom. The average Bonchev–Trinajstić information content (AvgIpc) is 2.53. The molecule has 0 fully saturated rings. The van der Waals surface area contributed by atoms with Gasteiger partial charge in [-0.2, -0.15) is 8.78 Å². The van der Waals surface area contributed by atoms with Gasteiger partial charge in [-0.3, -0.25) is 9.59 Å². The third-order valence-electron chi connectivity index (χ3n) is 3.03. The Morgan fingerprint density at radius 1 is 1.08 bits per heavy atom. The van der Waals surface area contributed by atoms with Gasteiger partial charge in [-0.15, -0.1) is 0 Å². The number of nitrogens with one attached hydrogen (secondary N) is 1. The maximum Gasteiger partial charge on any atom is 0.387 e. The topological polar surface area (TPSA) is 55.4 Å². The van der Waals surface area contributed by atoms with Gasteiger partial charge in [-0.25, -0.2) is 0 Å². The number of benzene rings is 2. The molecule has 0 aliphatic carbocycles. The maximum atomic E-state index is 12.4. The van der Waals surface area contributed by atoms with Crippen LogP contribution in [-0.2, 0) is 4.79 Å². The predicted molar refractivity (Wildman–Crippen MR) is 87.2 cm³/mol. The standard InChI is InChI=1S/C18H15F2NO3/c1-12(22)21-14-9-6-13(7-10-14)8-11-16(23)15-4-2-3-5-17(15)24-18(19)20/h2-11,18H,1H3,(H,21,22)/b11-8+. The quantitative estimate of drug-likeness (QED) is 0.639. The van der Waals surface area contributed by atoms with Crippen molar-refractivity contribution in [2.75, 3.05) is 5.32 Å². The lowest BCUT2D eigenvalue weighted by molar-refractivity contribution is -0.114. The van der Waals surface area contributed by atoms with E-state index in [-0.39, 0.29) is 17.2 Å². The van der Waals surface area contributed by atoms with Crippen molar-refractivity contribution < 1.29 is 23.1 Å². The first-order chi connectivity index (χ1) is 11.5. The monoisotopic (exact) mass is 331 g/mol. The minimum atomic E-state index is -3.00. The molecule has 2 rings (SSSR count). The van der Waals surface area contributed by atoms with E-state index < -0.39 is 12.4 Å². The van der Waals surface area contributed by atoms with Gasteiger partial charge < -0.3 is 10.1 Å². The zero-order chi connectivity index (χ0) is 17.5. The molecule has 4 nitrogen and oxygen atoms in total. The molecule has 0 saturated heterocycles. The molecule has 24 heavy (non-hydrogen) atoms. The smallest absolute Gasteiger partial charge is 0.387 e. The number of rotatable bonds is 6. The van der Waals surface area contributed by atoms with Crippen LogP contribution in [0, 0.1) is 0 Å². The zero-order valence-electron chi connectivity index (χ0n) is 12.8. The molecule has 2 aromatic rings. The van der Waals surface area contributed by atoms with Crippen LogP contribution in [-0.4, -0.2) is 18.3 Å². The minimum Gasteiger partial charge on any atom is -0.434 e. The first kappa shape index (κ1) is 17.3. The summed E-state index contributed by atoms with van der Waals surface area (Å²) in [7, 11) is 0. The van der Waals surface area contributed by atoms with Crippen LogP contribution in [0.3, 0.4) is 0 Å². The van der Waals surface area contributed by atoms with Crippen LogP contribution in [0.4, 0.5) is 14.5 Å². The van der Waals surface area contributed by atoms with Crippen LogP contribution in [0.5, 0.6) is 5.75 Å². The molecule has 0 saturated carbocycles. The van der Waals surface area contributed by atoms with Crippen molar-refractivity contribution in [3.05, 3.63) is 65.7 Å². The van der Waals surface area contributed by atoms with Crippen molar-refractivity contribution in [1.29, 1.82) is 0 Å². The summed E-state index contributed by atoms with van der Waals surface area (Å²) in [5.41, 5.74) is 1.43. The number of carbonyl (C=O) groups is 2. The third kappa shape index (κ3) is 5.01. The van der Waals surface area contributed by atoms with E-state index >= 15 is 0 Å². The summed E-state index contributed by atoms with van der Waals surface area (Å²) >= 11 is 0. The molecule has 0 aliphatic heterocycles. The number of alkyl halides is 2. The first-order valence-corrected chi connectivity index (χ1v) is 7.09. The molecule has 1 amide bonds. The fourth-order valence-electron chi connectivity index (χ4n) is 2.01. The molecular formula is C18H15F2NO3. The van der Waals surface area contributed by atoms with Crippen LogP contribution >= 0.6 is 0 Å². The largest absolute Gasteiger partial charge is 0.434 e. The molecule has 0 bridgehead atoms. The van der Waals surface area contributed by atoms with Gasteiger partial charge in [0.1, 0.15) is 5.75 Å². The normalized spacial score (nSPS) is 10.8. The number of para-hydroxylation sites is 1. The Morgan fingerprint density at radius 2 is 1.75 bits per heavy atom. The highest BCUT2D eigenvalue weighted by Gasteiger charge is 2.13. The molecule has 6 heteroatoms. The Kier molecular flexibility index (Phi) is 5.78. The van der Waals surface area contributed by atoms with Gasteiger partial charge in [0.25, 0.3) is 0 Å². The van der Waals surface area contributed by atoms with Gasteiger partial charge in [0.05, 0.1) is 5.56 Å². The Hall–Kier alpha value is -3.02. The summed E-state index contributed by atoms with van der Waals surface area (Å²) in [5, 5.41) is 2.63. The molecular weight excluding hydrogens is 316 g/mol. The highest BCUT2D eigenvalue weighted by atomic mass is 19.3. The molecule has 0 unspecified atom stereocenters. The Balaban J connectivity index is 2.12. The van der Waals surface area contributed by atoms with E-state index in [4.69, 9.17) is 0 Å². The summed E-state index contributed by atoms with van der Waals surface area (Å²) in [6.45, 7) is -1.59. The van der Waals surface area contributed by atoms with E-state index in [2.05, 4.69) is 10.1 Å². The second-order valence-corrected chi connectivity index (χ2v) is 4.88. The van der Waals surface area contributed by atoms with Crippen molar-refractivity contribution in [2.45, 2.75) is 13.5 Å². The number of ketones is 1. The highest BCUT2D eigenvalue weighted by Crippen LogP contribution is 2.21. The molecule has 124 valence electrons. The lowest BCUT2D eigenvalue weighted by atomic mass is 10.1. The van der Waals surface area contributed by atoms with Crippen LogP contribution in [0.15, 0.2) is 54.6 Å². The molecule has 0 spiro atoms. The molecule has 0 aliphatic rings. The van der Waals surface area contributed by atoms with E-state index in [0.29, 0.717) is 5.69 Å². The van der Waals surface area contributed by atoms with E-state index in [1.165, 1.54) is 31.2 Å². The molecule has 0 radical (unpaired) electrons. The Bertz CT molecular complexity index is 755. The molecule has 0 heterocycles. The van der Waals surface area contributed by atoms with Crippen LogP contribution in [0.25, 0.3) is 6.08 Å². The maximum absolute atomic E-state index is 12.4. The lowest BCUT2D eigenvalue weighted by Gasteiger charge is -2.07. The number of carbonyl (C=O) groups excluding carboxylic acids is 2. The summed E-state index contributed by atoms with van der Waals surface area (Å²) in [5.74, 6) is -0.788. The van der Waals surface area contributed by atoms with E-state index in [9.17, 15) is 18.4 Å². The second-order valence-electron chi connectivity index (χ2n) is 4.88.